The van der Waals surface area contributed by atoms with Crippen LogP contribution in [0, 0.1) is 5.92 Å². The Balaban J connectivity index is 1.37. The first-order valence-corrected chi connectivity index (χ1v) is 14.2. The Morgan fingerprint density at radius 1 is 1.05 bits per heavy atom. The molecule has 0 aliphatic heterocycles. The van der Waals surface area contributed by atoms with Gasteiger partial charge in [0, 0.05) is 17.7 Å². The molecule has 8 nitrogen and oxygen atoms in total. The minimum absolute atomic E-state index is 0.0132. The molecular weight excluding hydrogens is 544 g/mol. The molecule has 2 heterocycles. The van der Waals surface area contributed by atoms with Crippen LogP contribution in [0.2, 0.25) is 0 Å². The van der Waals surface area contributed by atoms with E-state index in [1.54, 1.807) is 30.6 Å². The van der Waals surface area contributed by atoms with Gasteiger partial charge in [-0.15, -0.1) is 53.2 Å². The number of ether oxygens (including phenoxy) is 1. The molecule has 2 aliphatic carbocycles. The van der Waals surface area contributed by atoms with Gasteiger partial charge in [-0.2, -0.15) is 5.10 Å². The number of benzene rings is 1. The zero-order chi connectivity index (χ0) is 26.9. The average molecular weight is 575 g/mol. The third-order valence-electron chi connectivity index (χ3n) is 7.22. The minimum Gasteiger partial charge on any atom is -0.507 e. The number of aromatic hydroxyl groups is 1. The van der Waals surface area contributed by atoms with Gasteiger partial charge in [0.25, 0.3) is 0 Å². The number of anilines is 1. The van der Waals surface area contributed by atoms with E-state index in [4.69, 9.17) is 4.74 Å². The summed E-state index contributed by atoms with van der Waals surface area (Å²) in [5, 5.41) is 27.4. The fourth-order valence-corrected chi connectivity index (χ4v) is 5.43. The van der Waals surface area contributed by atoms with E-state index in [0.717, 1.165) is 38.5 Å². The van der Waals surface area contributed by atoms with Crippen molar-refractivity contribution in [3.63, 3.8) is 0 Å². The number of hydrogen-bond donors (Lipinski definition) is 4. The lowest BCUT2D eigenvalue weighted by atomic mass is 9.94. The summed E-state index contributed by atoms with van der Waals surface area (Å²) in [4.78, 5) is 6.64. The highest BCUT2D eigenvalue weighted by Crippen LogP contribution is 2.39. The third kappa shape index (κ3) is 6.45. The summed E-state index contributed by atoms with van der Waals surface area (Å²) in [5.41, 5.74) is 1.79. The lowest BCUT2D eigenvalue weighted by Gasteiger charge is -2.35. The molecule has 0 spiro atoms. The van der Waals surface area contributed by atoms with E-state index in [2.05, 4.69) is 75.1 Å². The number of phenolic OH excluding ortho intramolecular Hbond substituents is 1. The van der Waals surface area contributed by atoms with E-state index in [9.17, 15) is 5.11 Å². The second-order valence-electron chi connectivity index (χ2n) is 9.99. The highest BCUT2D eigenvalue weighted by molar-refractivity contribution is 8.16. The molecule has 38 heavy (non-hydrogen) atoms. The normalized spacial score (nSPS) is 22.1. The zero-order valence-corrected chi connectivity index (χ0v) is 23.7. The molecule has 3 atom stereocenters. The fraction of sp³-hybridized carbons (Fsp3) is 0.500. The fourth-order valence-electron chi connectivity index (χ4n) is 5.15. The molecule has 0 bridgehead atoms. The summed E-state index contributed by atoms with van der Waals surface area (Å²) in [5.74, 6) is 1.58. The summed E-state index contributed by atoms with van der Waals surface area (Å²) >= 11 is 12.3. The number of thiol groups is 3. The maximum atomic E-state index is 15.3. The molecule has 2 saturated carbocycles. The number of aromatic nitrogens is 5. The van der Waals surface area contributed by atoms with Crippen LogP contribution < -0.4 is 9.64 Å². The Kier molecular flexibility index (Phi) is 8.20. The van der Waals surface area contributed by atoms with Gasteiger partial charge in [0.05, 0.1) is 24.0 Å². The highest BCUT2D eigenvalue weighted by Gasteiger charge is 2.41. The van der Waals surface area contributed by atoms with E-state index in [0.29, 0.717) is 40.7 Å². The van der Waals surface area contributed by atoms with Crippen LogP contribution in [-0.4, -0.2) is 52.3 Å². The number of halogens is 1. The molecule has 202 valence electrons. The summed E-state index contributed by atoms with van der Waals surface area (Å²) in [6, 6.07) is 6.84. The van der Waals surface area contributed by atoms with E-state index >= 15 is 4.39 Å². The zero-order valence-electron chi connectivity index (χ0n) is 21.0. The standard InChI is InChI=1S/C26H31FN6O2S3/c1-2-15-4-3-5-20(27)21(10-15)33(18-7-8-18)23-14-28-25(32-30-23)19-9-6-16(11-22(19)34)17-12-24(31-29-13-17)35-26(36,37)38/h6,9,11-15,18,20-21,34,36-38H,2-5,7-8,10H2,1H3/t15-,20+,21-/m1/s1. The first-order chi connectivity index (χ1) is 18.2. The predicted molar refractivity (Wildman–Crippen MR) is 155 cm³/mol. The van der Waals surface area contributed by atoms with Crippen LogP contribution in [0.15, 0.2) is 36.7 Å². The van der Waals surface area contributed by atoms with Crippen LogP contribution in [0.25, 0.3) is 22.5 Å². The van der Waals surface area contributed by atoms with Crippen LogP contribution >= 0.6 is 37.9 Å². The Hall–Kier alpha value is -2.31. The van der Waals surface area contributed by atoms with E-state index < -0.39 is 9.77 Å². The minimum atomic E-state index is -1.32. The molecule has 1 N–H and O–H groups in total. The first-order valence-electron chi connectivity index (χ1n) is 12.9. The molecule has 1 aromatic carbocycles. The summed E-state index contributed by atoms with van der Waals surface area (Å²) in [7, 11) is 0. The second kappa shape index (κ2) is 11.4. The SMILES string of the molecule is CC[C@@H]1CCC[C@H](F)[C@H](N(c2cnc(-c3ccc(-c4cnnc(OC(S)(S)S)c4)cc3O)nn2)C2CC2)C1. The molecule has 0 saturated heterocycles. The van der Waals surface area contributed by atoms with Gasteiger partial charge in [0.2, 0.25) is 9.48 Å². The van der Waals surface area contributed by atoms with Gasteiger partial charge in [0.1, 0.15) is 11.9 Å². The van der Waals surface area contributed by atoms with Gasteiger partial charge in [-0.1, -0.05) is 32.3 Å². The highest BCUT2D eigenvalue weighted by atomic mass is 32.2. The van der Waals surface area contributed by atoms with Gasteiger partial charge < -0.3 is 14.7 Å². The maximum Gasteiger partial charge on any atom is 0.243 e. The molecule has 2 fully saturated rings. The van der Waals surface area contributed by atoms with Crippen molar-refractivity contribution < 1.29 is 14.2 Å². The summed E-state index contributed by atoms with van der Waals surface area (Å²) in [6.45, 7) is 2.18. The Labute approximate surface area is 238 Å². The van der Waals surface area contributed by atoms with Crippen LogP contribution in [0.4, 0.5) is 10.2 Å². The lowest BCUT2D eigenvalue weighted by molar-refractivity contribution is 0.247. The van der Waals surface area contributed by atoms with Crippen molar-refractivity contribution in [1.29, 1.82) is 0 Å². The molecule has 0 radical (unpaired) electrons. The van der Waals surface area contributed by atoms with Gasteiger partial charge in [-0.05, 0) is 49.3 Å². The molecule has 2 aromatic heterocycles. The van der Waals surface area contributed by atoms with Crippen molar-refractivity contribution in [2.45, 2.75) is 73.7 Å². The average Bonchev–Trinajstić information content (AvgIpc) is 3.73. The molecule has 0 unspecified atom stereocenters. The van der Waals surface area contributed by atoms with Crippen LogP contribution in [0.3, 0.4) is 0 Å². The third-order valence-corrected chi connectivity index (χ3v) is 7.49. The van der Waals surface area contributed by atoms with Crippen LogP contribution in [0.5, 0.6) is 11.6 Å². The van der Waals surface area contributed by atoms with Crippen molar-refractivity contribution in [2.24, 2.45) is 5.92 Å². The number of rotatable bonds is 8. The van der Waals surface area contributed by atoms with E-state index in [1.165, 1.54) is 0 Å². The number of phenols is 1. The Bertz CT molecular complexity index is 1260. The van der Waals surface area contributed by atoms with Crippen molar-refractivity contribution in [1.82, 2.24) is 25.4 Å². The van der Waals surface area contributed by atoms with Crippen molar-refractivity contribution >= 4 is 43.7 Å². The number of alkyl halides is 1. The topological polar surface area (TPSA) is 97.2 Å². The molecule has 0 amide bonds. The number of hydrogen-bond acceptors (Lipinski definition) is 11. The predicted octanol–water partition coefficient (Wildman–Crippen LogP) is 5.76. The Morgan fingerprint density at radius 2 is 1.87 bits per heavy atom. The molecular formula is C26H31FN6O2S3. The molecule has 3 aromatic rings. The lowest BCUT2D eigenvalue weighted by Crippen LogP contribution is -2.44. The van der Waals surface area contributed by atoms with Gasteiger partial charge in [0.15, 0.2) is 11.6 Å². The van der Waals surface area contributed by atoms with Gasteiger partial charge in [-0.3, -0.25) is 0 Å². The molecule has 5 rings (SSSR count). The van der Waals surface area contributed by atoms with Crippen LogP contribution in [0.1, 0.15) is 51.9 Å². The monoisotopic (exact) mass is 574 g/mol. The van der Waals surface area contributed by atoms with Crippen LogP contribution in [-0.2, 0) is 0 Å². The van der Waals surface area contributed by atoms with Crippen molar-refractivity contribution in [3.8, 4) is 34.1 Å². The first kappa shape index (κ1) is 27.3. The van der Waals surface area contributed by atoms with Gasteiger partial charge >= 0.3 is 0 Å². The summed E-state index contributed by atoms with van der Waals surface area (Å²) in [6.07, 6.45) is 8.85. The maximum absolute atomic E-state index is 15.3. The quantitative estimate of drug-likeness (QED) is 0.153. The summed E-state index contributed by atoms with van der Waals surface area (Å²) < 4.78 is 19.3. The van der Waals surface area contributed by atoms with Crippen molar-refractivity contribution in [2.75, 3.05) is 4.90 Å². The second-order valence-corrected chi connectivity index (χ2v) is 12.9. The Morgan fingerprint density at radius 3 is 2.53 bits per heavy atom. The van der Waals surface area contributed by atoms with Crippen molar-refractivity contribution in [3.05, 3.63) is 36.7 Å². The van der Waals surface area contributed by atoms with E-state index in [1.807, 2.05) is 6.07 Å². The largest absolute Gasteiger partial charge is 0.507 e. The number of nitrogens with zero attached hydrogens (tertiary/aromatic N) is 6. The van der Waals surface area contributed by atoms with E-state index in [-0.39, 0.29) is 23.7 Å². The molecule has 2 aliphatic rings. The molecule has 12 heteroatoms. The van der Waals surface area contributed by atoms with Gasteiger partial charge in [-0.25, -0.2) is 9.37 Å². The smallest absolute Gasteiger partial charge is 0.243 e.